The van der Waals surface area contributed by atoms with Crippen LogP contribution in [0.15, 0.2) is 58.7 Å². The van der Waals surface area contributed by atoms with Crippen LogP contribution in [0.1, 0.15) is 38.2 Å². The zero-order chi connectivity index (χ0) is 20.9. The summed E-state index contributed by atoms with van der Waals surface area (Å²) in [4.78, 5) is 34.5. The second kappa shape index (κ2) is 9.43. The maximum atomic E-state index is 13.1. The fraction of sp³-hybridized carbons (Fsp3) is 0.391. The van der Waals surface area contributed by atoms with E-state index < -0.39 is 0 Å². The van der Waals surface area contributed by atoms with Gasteiger partial charge in [0.2, 0.25) is 5.91 Å². The number of hydrogen-bond acceptors (Lipinski definition) is 5. The first-order valence-corrected chi connectivity index (χ1v) is 11.4. The number of carbonyl (C=O) groups is 1. The summed E-state index contributed by atoms with van der Waals surface area (Å²) in [6, 6.07) is 11.4. The number of pyridine rings is 1. The number of para-hydroxylation sites is 1. The molecule has 1 N–H and O–H groups in total. The molecule has 4 rings (SSSR count). The van der Waals surface area contributed by atoms with Crippen molar-refractivity contribution in [2.24, 2.45) is 5.92 Å². The first-order valence-electron chi connectivity index (χ1n) is 10.4. The van der Waals surface area contributed by atoms with Gasteiger partial charge >= 0.3 is 0 Å². The summed E-state index contributed by atoms with van der Waals surface area (Å²) in [7, 11) is 0. The smallest absolute Gasteiger partial charge is 0.262 e. The molecule has 0 bridgehead atoms. The van der Waals surface area contributed by atoms with Gasteiger partial charge in [0, 0.05) is 18.4 Å². The van der Waals surface area contributed by atoms with Crippen LogP contribution in [0, 0.1) is 5.92 Å². The van der Waals surface area contributed by atoms with Gasteiger partial charge in [0.1, 0.15) is 0 Å². The van der Waals surface area contributed by atoms with E-state index >= 15 is 0 Å². The molecule has 0 atom stereocenters. The molecule has 0 saturated heterocycles. The van der Waals surface area contributed by atoms with Gasteiger partial charge in [-0.2, -0.15) is 0 Å². The van der Waals surface area contributed by atoms with Crippen molar-refractivity contribution in [1.82, 2.24) is 19.9 Å². The van der Waals surface area contributed by atoms with Crippen LogP contribution in [0.2, 0.25) is 0 Å². The second-order valence-electron chi connectivity index (χ2n) is 7.98. The number of thioether (sulfide) groups is 1. The second-order valence-corrected chi connectivity index (χ2v) is 8.92. The number of fused-ring (bicyclic) bond motifs is 1. The summed E-state index contributed by atoms with van der Waals surface area (Å²) in [6.45, 7) is 2.63. The Balaban J connectivity index is 1.53. The van der Waals surface area contributed by atoms with Gasteiger partial charge in [0.25, 0.3) is 5.56 Å². The van der Waals surface area contributed by atoms with Gasteiger partial charge in [0.05, 0.1) is 23.2 Å². The SMILES string of the molecule is CC1CCC(NC(=O)CSc2nc3ccccc3c(=O)n2Cc2cccnc2)CC1. The predicted molar refractivity (Wildman–Crippen MR) is 120 cm³/mol. The van der Waals surface area contributed by atoms with Crippen molar-refractivity contribution in [3.63, 3.8) is 0 Å². The van der Waals surface area contributed by atoms with E-state index in [2.05, 4.69) is 22.2 Å². The first kappa shape index (κ1) is 20.6. The van der Waals surface area contributed by atoms with Gasteiger partial charge in [-0.05, 0) is 55.4 Å². The number of nitrogens with one attached hydrogen (secondary N) is 1. The highest BCUT2D eigenvalue weighted by atomic mass is 32.2. The van der Waals surface area contributed by atoms with Gasteiger partial charge in [-0.1, -0.05) is 36.9 Å². The van der Waals surface area contributed by atoms with E-state index in [1.165, 1.54) is 11.8 Å². The first-order chi connectivity index (χ1) is 14.6. The van der Waals surface area contributed by atoms with Gasteiger partial charge < -0.3 is 5.32 Å². The highest BCUT2D eigenvalue weighted by Gasteiger charge is 2.20. The Morgan fingerprint density at radius 2 is 1.97 bits per heavy atom. The monoisotopic (exact) mass is 422 g/mol. The molecule has 1 aliphatic rings. The molecule has 2 aromatic heterocycles. The van der Waals surface area contributed by atoms with Crippen LogP contribution < -0.4 is 10.9 Å². The van der Waals surface area contributed by atoms with Crippen molar-refractivity contribution in [2.75, 3.05) is 5.75 Å². The minimum absolute atomic E-state index is 0.00473. The number of amides is 1. The van der Waals surface area contributed by atoms with Crippen LogP contribution in [0.5, 0.6) is 0 Å². The molecule has 1 fully saturated rings. The van der Waals surface area contributed by atoms with Crippen molar-refractivity contribution >= 4 is 28.6 Å². The quantitative estimate of drug-likeness (QED) is 0.485. The van der Waals surface area contributed by atoms with Gasteiger partial charge in [-0.3, -0.25) is 19.1 Å². The van der Waals surface area contributed by atoms with Crippen LogP contribution in [0.3, 0.4) is 0 Å². The maximum Gasteiger partial charge on any atom is 0.262 e. The van der Waals surface area contributed by atoms with E-state index in [0.717, 1.165) is 37.2 Å². The zero-order valence-electron chi connectivity index (χ0n) is 17.1. The molecule has 0 spiro atoms. The zero-order valence-corrected chi connectivity index (χ0v) is 17.9. The molecule has 156 valence electrons. The van der Waals surface area contributed by atoms with E-state index in [0.29, 0.717) is 22.6 Å². The molecule has 1 saturated carbocycles. The summed E-state index contributed by atoms with van der Waals surface area (Å²) in [5, 5.41) is 4.27. The molecule has 3 aromatic rings. The molecule has 1 aromatic carbocycles. The highest BCUT2D eigenvalue weighted by molar-refractivity contribution is 7.99. The molecule has 0 radical (unpaired) electrons. The fourth-order valence-electron chi connectivity index (χ4n) is 3.88. The summed E-state index contributed by atoms with van der Waals surface area (Å²) in [5.41, 5.74) is 1.46. The average Bonchev–Trinajstić information content (AvgIpc) is 2.77. The Kier molecular flexibility index (Phi) is 6.47. The summed E-state index contributed by atoms with van der Waals surface area (Å²) in [6.07, 6.45) is 7.85. The number of carbonyl (C=O) groups excluding carboxylic acids is 1. The third-order valence-corrected chi connectivity index (χ3v) is 6.58. The number of nitrogens with zero attached hydrogens (tertiary/aromatic N) is 3. The van der Waals surface area contributed by atoms with Crippen molar-refractivity contribution < 1.29 is 4.79 Å². The van der Waals surface area contributed by atoms with Gasteiger partial charge in [0.15, 0.2) is 5.16 Å². The Morgan fingerprint density at radius 1 is 1.17 bits per heavy atom. The van der Waals surface area contributed by atoms with Crippen LogP contribution in [0.25, 0.3) is 10.9 Å². The lowest BCUT2D eigenvalue weighted by molar-refractivity contribution is -0.119. The lowest BCUT2D eigenvalue weighted by Crippen LogP contribution is -2.38. The lowest BCUT2D eigenvalue weighted by Gasteiger charge is -2.26. The Labute approximate surface area is 180 Å². The van der Waals surface area contributed by atoms with Crippen molar-refractivity contribution in [1.29, 1.82) is 0 Å². The number of hydrogen-bond donors (Lipinski definition) is 1. The molecule has 0 unspecified atom stereocenters. The minimum atomic E-state index is -0.103. The lowest BCUT2D eigenvalue weighted by atomic mass is 9.87. The molecule has 30 heavy (non-hydrogen) atoms. The molecule has 0 aliphatic heterocycles. The van der Waals surface area contributed by atoms with Crippen molar-refractivity contribution in [3.05, 3.63) is 64.7 Å². The fourth-order valence-corrected chi connectivity index (χ4v) is 4.69. The van der Waals surface area contributed by atoms with E-state index in [9.17, 15) is 9.59 Å². The summed E-state index contributed by atoms with van der Waals surface area (Å²) >= 11 is 1.31. The standard InChI is InChI=1S/C23H26N4O2S/c1-16-8-10-18(11-9-16)25-21(28)15-30-23-26-20-7-3-2-6-19(20)22(29)27(23)14-17-5-4-12-24-13-17/h2-7,12-13,16,18H,8-11,14-15H2,1H3,(H,25,28). The van der Waals surface area contributed by atoms with Crippen LogP contribution >= 0.6 is 11.8 Å². The molecule has 1 amide bonds. The molecule has 6 nitrogen and oxygen atoms in total. The van der Waals surface area contributed by atoms with E-state index in [1.54, 1.807) is 23.0 Å². The summed E-state index contributed by atoms with van der Waals surface area (Å²) in [5.74, 6) is 0.982. The molecular weight excluding hydrogens is 396 g/mol. The molecule has 1 aliphatic carbocycles. The summed E-state index contributed by atoms with van der Waals surface area (Å²) < 4.78 is 1.64. The third kappa shape index (κ3) is 4.90. The normalized spacial score (nSPS) is 19.0. The van der Waals surface area contributed by atoms with Gasteiger partial charge in [-0.25, -0.2) is 4.98 Å². The number of benzene rings is 1. The molecule has 2 heterocycles. The largest absolute Gasteiger partial charge is 0.353 e. The Bertz CT molecular complexity index is 1080. The third-order valence-electron chi connectivity index (χ3n) is 5.60. The van der Waals surface area contributed by atoms with Crippen molar-refractivity contribution in [2.45, 2.75) is 50.4 Å². The minimum Gasteiger partial charge on any atom is -0.353 e. The average molecular weight is 423 g/mol. The Morgan fingerprint density at radius 3 is 2.73 bits per heavy atom. The van der Waals surface area contributed by atoms with E-state index in [-0.39, 0.29) is 23.3 Å². The highest BCUT2D eigenvalue weighted by Crippen LogP contribution is 2.24. The van der Waals surface area contributed by atoms with Crippen LogP contribution in [-0.4, -0.2) is 32.2 Å². The van der Waals surface area contributed by atoms with Crippen LogP contribution in [0.4, 0.5) is 0 Å². The molecule has 7 heteroatoms. The topological polar surface area (TPSA) is 76.9 Å². The maximum absolute atomic E-state index is 13.1. The van der Waals surface area contributed by atoms with E-state index in [1.807, 2.05) is 30.3 Å². The van der Waals surface area contributed by atoms with E-state index in [4.69, 9.17) is 0 Å². The van der Waals surface area contributed by atoms with Gasteiger partial charge in [-0.15, -0.1) is 0 Å². The van der Waals surface area contributed by atoms with Crippen molar-refractivity contribution in [3.8, 4) is 0 Å². The Hall–Kier alpha value is -2.67. The predicted octanol–water partition coefficient (Wildman–Crippen LogP) is 3.63. The molecular formula is C23H26N4O2S. The van der Waals surface area contributed by atoms with Crippen LogP contribution in [-0.2, 0) is 11.3 Å². The number of aromatic nitrogens is 3. The number of rotatable bonds is 6.